The van der Waals surface area contributed by atoms with Gasteiger partial charge in [0.05, 0.1) is 6.10 Å². The summed E-state index contributed by atoms with van der Waals surface area (Å²) in [5.41, 5.74) is 1.90. The first-order chi connectivity index (χ1) is 13.4. The van der Waals surface area contributed by atoms with Crippen LogP contribution in [0.4, 0.5) is 0 Å². The van der Waals surface area contributed by atoms with Gasteiger partial charge in [-0.2, -0.15) is 0 Å². The number of benzene rings is 1. The summed E-state index contributed by atoms with van der Waals surface area (Å²) in [6.45, 7) is 20.6. The molecule has 3 rings (SSSR count). The molecule has 0 amide bonds. The predicted octanol–water partition coefficient (Wildman–Crippen LogP) is 5.75. The Hall–Kier alpha value is -1.34. The fourth-order valence-corrected chi connectivity index (χ4v) is 4.52. The first kappa shape index (κ1) is 22.3. The Bertz CT molecular complexity index is 750. The van der Waals surface area contributed by atoms with E-state index in [0.29, 0.717) is 0 Å². The van der Waals surface area contributed by atoms with Crippen LogP contribution in [0.2, 0.25) is 18.1 Å². The Morgan fingerprint density at radius 3 is 2.55 bits per heavy atom. The summed E-state index contributed by atoms with van der Waals surface area (Å²) < 4.78 is 29.7. The highest BCUT2D eigenvalue weighted by Crippen LogP contribution is 2.41. The van der Waals surface area contributed by atoms with Gasteiger partial charge in [-0.1, -0.05) is 33.4 Å². The second-order valence-corrected chi connectivity index (χ2v) is 14.7. The Morgan fingerprint density at radius 1 is 1.17 bits per heavy atom. The molecule has 2 heterocycles. The zero-order chi connectivity index (χ0) is 21.4. The minimum absolute atomic E-state index is 0.0501. The fourth-order valence-electron chi connectivity index (χ4n) is 3.43. The molecule has 2 aliphatic rings. The van der Waals surface area contributed by atoms with Crippen molar-refractivity contribution in [2.45, 2.75) is 83.6 Å². The van der Waals surface area contributed by atoms with Crippen LogP contribution in [-0.4, -0.2) is 39.7 Å². The van der Waals surface area contributed by atoms with Gasteiger partial charge in [0.2, 0.25) is 6.79 Å². The summed E-state index contributed by atoms with van der Waals surface area (Å²) in [5.74, 6) is 0.889. The summed E-state index contributed by atoms with van der Waals surface area (Å²) in [6.07, 6.45) is 1.55. The lowest BCUT2D eigenvalue weighted by Gasteiger charge is -2.36. The minimum Gasteiger partial charge on any atom is -0.454 e. The molecule has 1 aromatic carbocycles. The van der Waals surface area contributed by atoms with Gasteiger partial charge in [-0.25, -0.2) is 0 Å². The normalized spacial score (nSPS) is 23.4. The van der Waals surface area contributed by atoms with Crippen molar-refractivity contribution in [3.63, 3.8) is 0 Å². The van der Waals surface area contributed by atoms with Crippen LogP contribution < -0.4 is 9.47 Å². The van der Waals surface area contributed by atoms with Gasteiger partial charge in [0.1, 0.15) is 6.10 Å². The molecule has 1 fully saturated rings. The summed E-state index contributed by atoms with van der Waals surface area (Å²) in [5, 5.41) is 0.220. The number of ether oxygens (including phenoxy) is 4. The van der Waals surface area contributed by atoms with Crippen LogP contribution >= 0.6 is 0 Å². The van der Waals surface area contributed by atoms with Crippen molar-refractivity contribution in [3.8, 4) is 11.5 Å². The van der Waals surface area contributed by atoms with Crippen molar-refractivity contribution in [1.82, 2.24) is 0 Å². The van der Waals surface area contributed by atoms with Crippen molar-refractivity contribution < 1.29 is 23.4 Å². The monoisotopic (exact) mass is 420 g/mol. The van der Waals surface area contributed by atoms with Crippen molar-refractivity contribution in [3.05, 3.63) is 30.3 Å². The van der Waals surface area contributed by atoms with Crippen LogP contribution in [0, 0.1) is 0 Å². The van der Waals surface area contributed by atoms with E-state index in [0.717, 1.165) is 42.1 Å². The van der Waals surface area contributed by atoms with Gasteiger partial charge in [0.15, 0.2) is 25.6 Å². The maximum absolute atomic E-state index is 6.33. The molecule has 0 unspecified atom stereocenters. The predicted molar refractivity (Wildman–Crippen MR) is 118 cm³/mol. The van der Waals surface area contributed by atoms with E-state index in [9.17, 15) is 0 Å². The van der Waals surface area contributed by atoms with E-state index in [1.807, 2.05) is 32.0 Å². The van der Waals surface area contributed by atoms with Gasteiger partial charge >= 0.3 is 0 Å². The third-order valence-electron chi connectivity index (χ3n) is 6.17. The van der Waals surface area contributed by atoms with Gasteiger partial charge in [-0.05, 0) is 68.1 Å². The van der Waals surface area contributed by atoms with Crippen molar-refractivity contribution >= 4 is 13.9 Å². The molecular formula is C23H36O5Si. The Labute approximate surface area is 176 Å². The highest BCUT2D eigenvalue weighted by Gasteiger charge is 2.43. The first-order valence-corrected chi connectivity index (χ1v) is 13.4. The second kappa shape index (κ2) is 8.06. The zero-order valence-electron chi connectivity index (χ0n) is 19.0. The zero-order valence-corrected chi connectivity index (χ0v) is 20.0. The highest BCUT2D eigenvalue weighted by atomic mass is 28.4. The molecule has 1 aromatic rings. The van der Waals surface area contributed by atoms with Crippen LogP contribution in [0.3, 0.4) is 0 Å². The van der Waals surface area contributed by atoms with Crippen LogP contribution in [0.1, 0.15) is 53.0 Å². The highest BCUT2D eigenvalue weighted by molar-refractivity contribution is 6.74. The summed E-state index contributed by atoms with van der Waals surface area (Å²) in [6, 6.07) is 5.89. The molecule has 2 atom stereocenters. The largest absolute Gasteiger partial charge is 0.454 e. The van der Waals surface area contributed by atoms with Crippen LogP contribution in [0.5, 0.6) is 11.5 Å². The van der Waals surface area contributed by atoms with Crippen LogP contribution in [0.15, 0.2) is 24.8 Å². The molecular weight excluding hydrogens is 384 g/mol. The van der Waals surface area contributed by atoms with Gasteiger partial charge in [-0.3, -0.25) is 0 Å². The summed E-state index contributed by atoms with van der Waals surface area (Å²) in [4.78, 5) is 0. The third kappa shape index (κ3) is 5.05. The lowest BCUT2D eigenvalue weighted by atomic mass is 9.96. The standard InChI is InChI=1S/C23H36O5Si/c1-16(17-11-12-18-20(14-17)25-15-24-18)21-19(27-23(5,6)28-21)10-9-13-26-29(7,8)22(2,3)4/h11-12,14,19,21H,1,9-10,13,15H2,2-8H3/t19-,21-/m0/s1. The quantitative estimate of drug-likeness (QED) is 0.415. The third-order valence-corrected chi connectivity index (χ3v) is 10.7. The number of rotatable bonds is 7. The van der Waals surface area contributed by atoms with Gasteiger partial charge in [0.25, 0.3) is 0 Å². The fraction of sp³-hybridized carbons (Fsp3) is 0.652. The van der Waals surface area contributed by atoms with Gasteiger partial charge < -0.3 is 23.4 Å². The molecule has 0 aliphatic carbocycles. The second-order valence-electron chi connectivity index (χ2n) is 9.94. The lowest BCUT2D eigenvalue weighted by Crippen LogP contribution is -2.41. The maximum atomic E-state index is 6.33. The van der Waals surface area contributed by atoms with Gasteiger partial charge in [0, 0.05) is 6.61 Å². The Morgan fingerprint density at radius 2 is 1.86 bits per heavy atom. The van der Waals surface area contributed by atoms with E-state index < -0.39 is 14.1 Å². The van der Waals surface area contributed by atoms with E-state index in [4.69, 9.17) is 23.4 Å². The molecule has 0 bridgehead atoms. The molecule has 0 aromatic heterocycles. The lowest BCUT2D eigenvalue weighted by molar-refractivity contribution is -0.143. The molecule has 0 saturated carbocycles. The molecule has 0 N–H and O–H groups in total. The van der Waals surface area contributed by atoms with E-state index in [1.165, 1.54) is 0 Å². The summed E-state index contributed by atoms with van der Waals surface area (Å²) >= 11 is 0. The first-order valence-electron chi connectivity index (χ1n) is 10.5. The average Bonchev–Trinajstić information content (AvgIpc) is 3.20. The molecule has 6 heteroatoms. The molecule has 0 spiro atoms. The SMILES string of the molecule is C=C(c1ccc2c(c1)OCO2)[C@@H]1OC(C)(C)O[C@H]1CCCO[Si](C)(C)C(C)(C)C. The molecule has 162 valence electrons. The van der Waals surface area contributed by atoms with Crippen LogP contribution in [-0.2, 0) is 13.9 Å². The number of fused-ring (bicyclic) bond motifs is 1. The van der Waals surface area contributed by atoms with Crippen molar-refractivity contribution in [2.75, 3.05) is 13.4 Å². The Kier molecular flexibility index (Phi) is 6.21. The van der Waals surface area contributed by atoms with E-state index >= 15 is 0 Å². The van der Waals surface area contributed by atoms with Gasteiger partial charge in [-0.15, -0.1) is 0 Å². The van der Waals surface area contributed by atoms with E-state index in [2.05, 4.69) is 40.4 Å². The van der Waals surface area contributed by atoms with Crippen molar-refractivity contribution in [2.24, 2.45) is 0 Å². The number of hydrogen-bond donors (Lipinski definition) is 0. The smallest absolute Gasteiger partial charge is 0.231 e. The topological polar surface area (TPSA) is 46.2 Å². The molecule has 5 nitrogen and oxygen atoms in total. The van der Waals surface area contributed by atoms with Crippen LogP contribution in [0.25, 0.3) is 5.57 Å². The van der Waals surface area contributed by atoms with E-state index in [1.54, 1.807) is 0 Å². The number of hydrogen-bond acceptors (Lipinski definition) is 5. The molecule has 1 saturated heterocycles. The molecule has 2 aliphatic heterocycles. The summed E-state index contributed by atoms with van der Waals surface area (Å²) in [7, 11) is -1.73. The average molecular weight is 421 g/mol. The van der Waals surface area contributed by atoms with Crippen molar-refractivity contribution in [1.29, 1.82) is 0 Å². The van der Waals surface area contributed by atoms with E-state index in [-0.39, 0.29) is 24.0 Å². The molecule has 0 radical (unpaired) electrons. The minimum atomic E-state index is -1.73. The Balaban J connectivity index is 1.62. The molecule has 29 heavy (non-hydrogen) atoms. The maximum Gasteiger partial charge on any atom is 0.231 e.